The number of benzene rings is 2. The number of thiocarbonyl (C=S) groups is 1. The molecule has 130 valence electrons. The van der Waals surface area contributed by atoms with E-state index in [1.165, 1.54) is 0 Å². The van der Waals surface area contributed by atoms with Gasteiger partial charge in [-0.05, 0) is 68.5 Å². The predicted octanol–water partition coefficient (Wildman–Crippen LogP) is 3.52. The van der Waals surface area contributed by atoms with Gasteiger partial charge in [-0.1, -0.05) is 0 Å². The fourth-order valence-electron chi connectivity index (χ4n) is 2.28. The van der Waals surface area contributed by atoms with Gasteiger partial charge in [-0.15, -0.1) is 0 Å². The molecule has 0 atom stereocenters. The third-order valence-corrected chi connectivity index (χ3v) is 3.73. The third-order valence-electron chi connectivity index (χ3n) is 3.54. The lowest BCUT2D eigenvalue weighted by atomic mass is 10.1. The van der Waals surface area contributed by atoms with Crippen LogP contribution >= 0.6 is 12.2 Å². The van der Waals surface area contributed by atoms with Crippen molar-refractivity contribution in [1.29, 1.82) is 0 Å². The van der Waals surface area contributed by atoms with Crippen molar-refractivity contribution in [3.05, 3.63) is 48.0 Å². The summed E-state index contributed by atoms with van der Waals surface area (Å²) in [4.78, 5) is 0. The molecule has 2 aromatic carbocycles. The Balaban J connectivity index is 1.58. The Kier molecular flexibility index (Phi) is 5.35. The Labute approximate surface area is 151 Å². The number of hydrogen-bond donors (Lipinski definition) is 2. The van der Waals surface area contributed by atoms with Crippen molar-refractivity contribution in [1.82, 2.24) is 5.43 Å². The van der Waals surface area contributed by atoms with Crippen LogP contribution < -0.4 is 25.0 Å². The van der Waals surface area contributed by atoms with E-state index < -0.39 is 0 Å². The second-order valence-corrected chi connectivity index (χ2v) is 5.70. The number of anilines is 1. The van der Waals surface area contributed by atoms with Crippen LogP contribution in [0.3, 0.4) is 0 Å². The lowest BCUT2D eigenvalue weighted by molar-refractivity contribution is 0.174. The van der Waals surface area contributed by atoms with E-state index in [4.69, 9.17) is 26.4 Å². The van der Waals surface area contributed by atoms with E-state index in [-0.39, 0.29) is 6.79 Å². The van der Waals surface area contributed by atoms with Gasteiger partial charge in [-0.3, -0.25) is 5.43 Å². The number of hydrogen-bond acceptors (Lipinski definition) is 5. The highest BCUT2D eigenvalue weighted by Crippen LogP contribution is 2.32. The van der Waals surface area contributed by atoms with Gasteiger partial charge in [0.25, 0.3) is 0 Å². The molecule has 0 spiro atoms. The number of nitrogens with zero attached hydrogens (tertiary/aromatic N) is 1. The molecule has 7 heteroatoms. The average molecular weight is 357 g/mol. The van der Waals surface area contributed by atoms with Crippen LogP contribution in [0.25, 0.3) is 0 Å². The zero-order valence-corrected chi connectivity index (χ0v) is 14.9. The van der Waals surface area contributed by atoms with Crippen LogP contribution in [0.5, 0.6) is 17.2 Å². The van der Waals surface area contributed by atoms with Crippen molar-refractivity contribution in [2.24, 2.45) is 5.10 Å². The van der Waals surface area contributed by atoms with Gasteiger partial charge in [0, 0.05) is 11.3 Å². The largest absolute Gasteiger partial charge is 0.494 e. The normalized spacial score (nSPS) is 12.6. The minimum absolute atomic E-state index is 0.253. The van der Waals surface area contributed by atoms with E-state index in [0.717, 1.165) is 34.2 Å². The molecule has 1 aliphatic heterocycles. The fourth-order valence-corrected chi connectivity index (χ4v) is 2.44. The molecule has 0 unspecified atom stereocenters. The molecule has 0 fully saturated rings. The zero-order chi connectivity index (χ0) is 17.6. The topological polar surface area (TPSA) is 64.1 Å². The highest BCUT2D eigenvalue weighted by atomic mass is 32.1. The van der Waals surface area contributed by atoms with Crippen molar-refractivity contribution in [2.45, 2.75) is 13.8 Å². The summed E-state index contributed by atoms with van der Waals surface area (Å²) >= 11 is 5.26. The smallest absolute Gasteiger partial charge is 0.231 e. The molecule has 0 bridgehead atoms. The minimum Gasteiger partial charge on any atom is -0.494 e. The van der Waals surface area contributed by atoms with E-state index in [9.17, 15) is 0 Å². The van der Waals surface area contributed by atoms with Crippen LogP contribution in [-0.2, 0) is 0 Å². The van der Waals surface area contributed by atoms with E-state index >= 15 is 0 Å². The molecule has 2 aromatic rings. The van der Waals surface area contributed by atoms with Crippen molar-refractivity contribution in [3.8, 4) is 17.2 Å². The second kappa shape index (κ2) is 7.85. The quantitative estimate of drug-likeness (QED) is 0.485. The average Bonchev–Trinajstić information content (AvgIpc) is 3.09. The van der Waals surface area contributed by atoms with Crippen molar-refractivity contribution >= 4 is 28.7 Å². The lowest BCUT2D eigenvalue weighted by Gasteiger charge is -2.09. The van der Waals surface area contributed by atoms with Crippen LogP contribution in [0.4, 0.5) is 5.69 Å². The third kappa shape index (κ3) is 4.39. The molecule has 1 aliphatic rings. The predicted molar refractivity (Wildman–Crippen MR) is 102 cm³/mol. The molecule has 0 saturated heterocycles. The molecule has 0 aromatic heterocycles. The molecule has 0 saturated carbocycles. The number of rotatable bonds is 5. The zero-order valence-electron chi connectivity index (χ0n) is 14.0. The fraction of sp³-hybridized carbons (Fsp3) is 0.222. The summed E-state index contributed by atoms with van der Waals surface area (Å²) in [6.45, 7) is 4.74. The summed E-state index contributed by atoms with van der Waals surface area (Å²) in [6, 6.07) is 13.3. The summed E-state index contributed by atoms with van der Waals surface area (Å²) in [7, 11) is 0. The Morgan fingerprint density at radius 1 is 1.16 bits per heavy atom. The second-order valence-electron chi connectivity index (χ2n) is 5.29. The van der Waals surface area contributed by atoms with Crippen LogP contribution in [-0.4, -0.2) is 24.2 Å². The van der Waals surface area contributed by atoms with E-state index in [0.29, 0.717) is 11.7 Å². The summed E-state index contributed by atoms with van der Waals surface area (Å²) in [5, 5.41) is 7.78. The van der Waals surface area contributed by atoms with Crippen LogP contribution in [0, 0.1) is 0 Å². The lowest BCUT2D eigenvalue weighted by Crippen LogP contribution is -2.24. The van der Waals surface area contributed by atoms with E-state index in [1.807, 2.05) is 56.3 Å². The van der Waals surface area contributed by atoms with Crippen molar-refractivity contribution in [2.75, 3.05) is 18.7 Å². The summed E-state index contributed by atoms with van der Waals surface area (Å²) in [5.74, 6) is 2.29. The molecule has 2 N–H and O–H groups in total. The van der Waals surface area contributed by atoms with Gasteiger partial charge in [-0.25, -0.2) is 0 Å². The number of fused-ring (bicyclic) bond motifs is 1. The Morgan fingerprint density at radius 2 is 1.92 bits per heavy atom. The number of hydrazone groups is 1. The first-order valence-electron chi connectivity index (χ1n) is 7.90. The SMILES string of the molecule is CCOc1ccc(NC(=S)NN=C(C)c2ccc3c(c2)OCO3)cc1. The maximum atomic E-state index is 5.41. The van der Waals surface area contributed by atoms with Gasteiger partial charge >= 0.3 is 0 Å². The van der Waals surface area contributed by atoms with E-state index in [2.05, 4.69) is 15.8 Å². The summed E-state index contributed by atoms with van der Waals surface area (Å²) in [5.41, 5.74) is 5.42. The highest BCUT2D eigenvalue weighted by molar-refractivity contribution is 7.80. The monoisotopic (exact) mass is 357 g/mol. The molecular formula is C18H19N3O3S. The molecule has 1 heterocycles. The molecule has 0 aliphatic carbocycles. The first-order valence-corrected chi connectivity index (χ1v) is 8.30. The van der Waals surface area contributed by atoms with Crippen LogP contribution in [0.2, 0.25) is 0 Å². The summed E-state index contributed by atoms with van der Waals surface area (Å²) < 4.78 is 16.1. The first-order chi connectivity index (χ1) is 12.2. The Hall–Kier alpha value is -2.80. The molecule has 0 radical (unpaired) electrons. The molecule has 0 amide bonds. The molecule has 6 nitrogen and oxygen atoms in total. The van der Waals surface area contributed by atoms with Crippen molar-refractivity contribution in [3.63, 3.8) is 0 Å². The van der Waals surface area contributed by atoms with Crippen molar-refractivity contribution < 1.29 is 14.2 Å². The van der Waals surface area contributed by atoms with Crippen LogP contribution in [0.1, 0.15) is 19.4 Å². The first kappa shape index (κ1) is 17.0. The van der Waals surface area contributed by atoms with Gasteiger partial charge in [0.15, 0.2) is 16.6 Å². The standard InChI is InChI=1S/C18H19N3O3S/c1-3-22-15-7-5-14(6-8-15)19-18(25)21-20-12(2)13-4-9-16-17(10-13)24-11-23-16/h4-10H,3,11H2,1-2H3,(H2,19,21,25). The van der Waals surface area contributed by atoms with Gasteiger partial charge in [-0.2, -0.15) is 5.10 Å². The highest BCUT2D eigenvalue weighted by Gasteiger charge is 2.14. The van der Waals surface area contributed by atoms with Gasteiger partial charge in [0.1, 0.15) is 5.75 Å². The van der Waals surface area contributed by atoms with Crippen LogP contribution in [0.15, 0.2) is 47.6 Å². The molecule has 3 rings (SSSR count). The number of nitrogens with one attached hydrogen (secondary N) is 2. The van der Waals surface area contributed by atoms with E-state index in [1.54, 1.807) is 0 Å². The molecule has 25 heavy (non-hydrogen) atoms. The van der Waals surface area contributed by atoms with Gasteiger partial charge in [0.05, 0.1) is 12.3 Å². The van der Waals surface area contributed by atoms with Gasteiger partial charge in [0.2, 0.25) is 6.79 Å². The maximum absolute atomic E-state index is 5.41. The Bertz CT molecular complexity index is 791. The van der Waals surface area contributed by atoms with Gasteiger partial charge < -0.3 is 19.5 Å². The number of ether oxygens (including phenoxy) is 3. The minimum atomic E-state index is 0.253. The Morgan fingerprint density at radius 3 is 2.68 bits per heavy atom. The summed E-state index contributed by atoms with van der Waals surface area (Å²) in [6.07, 6.45) is 0. The maximum Gasteiger partial charge on any atom is 0.231 e. The molecular weight excluding hydrogens is 338 g/mol.